The number of rotatable bonds is 0. The second kappa shape index (κ2) is 3.07. The van der Waals surface area contributed by atoms with E-state index in [2.05, 4.69) is 22.4 Å². The minimum absolute atomic E-state index is 0.0853. The highest BCUT2D eigenvalue weighted by molar-refractivity contribution is 5.65. The molecule has 2 aliphatic rings. The van der Waals surface area contributed by atoms with E-state index < -0.39 is 0 Å². The average molecular weight is 201 g/mol. The molecule has 0 atom stereocenters. The number of nitrogens with zero attached hydrogens (tertiary/aromatic N) is 1. The number of pyridine rings is 1. The maximum Gasteiger partial charge on any atom is 0.0689 e. The van der Waals surface area contributed by atoms with E-state index in [1.54, 1.807) is 0 Å². The minimum Gasteiger partial charge on any atom is -0.401 e. The summed E-state index contributed by atoms with van der Waals surface area (Å²) < 4.78 is 0. The topological polar surface area (TPSA) is 50.9 Å². The number of piperidine rings is 1. The molecule has 3 nitrogen and oxygen atoms in total. The van der Waals surface area contributed by atoms with Crippen LogP contribution in [0.25, 0.3) is 11.8 Å². The molecule has 0 radical (unpaired) electrons. The van der Waals surface area contributed by atoms with Gasteiger partial charge in [0.1, 0.15) is 0 Å². The first-order valence-electron chi connectivity index (χ1n) is 5.47. The van der Waals surface area contributed by atoms with Crippen LogP contribution in [0.3, 0.4) is 0 Å². The van der Waals surface area contributed by atoms with Gasteiger partial charge in [-0.3, -0.25) is 4.98 Å². The molecule has 15 heavy (non-hydrogen) atoms. The summed E-state index contributed by atoms with van der Waals surface area (Å²) in [4.78, 5) is 4.38. The van der Waals surface area contributed by atoms with Crippen molar-refractivity contribution in [2.45, 2.75) is 12.8 Å². The third-order valence-electron chi connectivity index (χ3n) is 3.57. The van der Waals surface area contributed by atoms with Crippen molar-refractivity contribution in [2.24, 2.45) is 11.1 Å². The molecule has 1 aliphatic carbocycles. The highest BCUT2D eigenvalue weighted by Crippen LogP contribution is 2.37. The third-order valence-corrected chi connectivity index (χ3v) is 3.57. The van der Waals surface area contributed by atoms with Crippen molar-refractivity contribution in [3.05, 3.63) is 28.9 Å². The normalized spacial score (nSPS) is 22.5. The Morgan fingerprint density at radius 1 is 1.33 bits per heavy atom. The van der Waals surface area contributed by atoms with E-state index >= 15 is 0 Å². The second-order valence-corrected chi connectivity index (χ2v) is 4.40. The van der Waals surface area contributed by atoms with E-state index in [4.69, 9.17) is 5.73 Å². The Labute approximate surface area is 88.7 Å². The second-order valence-electron chi connectivity index (χ2n) is 4.40. The van der Waals surface area contributed by atoms with E-state index in [1.165, 1.54) is 0 Å². The number of nitrogens with one attached hydrogen (secondary N) is 1. The lowest BCUT2D eigenvalue weighted by molar-refractivity contribution is 0.373. The van der Waals surface area contributed by atoms with Crippen LogP contribution in [0.2, 0.25) is 0 Å². The van der Waals surface area contributed by atoms with Gasteiger partial charge in [-0.2, -0.15) is 0 Å². The summed E-state index contributed by atoms with van der Waals surface area (Å²) in [5, 5.41) is 5.58. The molecular formula is C12H15N3. The van der Waals surface area contributed by atoms with Crippen LogP contribution in [0.1, 0.15) is 12.8 Å². The van der Waals surface area contributed by atoms with Crippen molar-refractivity contribution in [1.29, 1.82) is 0 Å². The first kappa shape index (κ1) is 8.92. The van der Waals surface area contributed by atoms with Gasteiger partial charge in [0, 0.05) is 22.5 Å². The number of hydrogen-bond donors (Lipinski definition) is 2. The van der Waals surface area contributed by atoms with Gasteiger partial charge in [-0.1, -0.05) is 0 Å². The molecule has 1 spiro atoms. The van der Waals surface area contributed by atoms with Crippen LogP contribution >= 0.6 is 0 Å². The van der Waals surface area contributed by atoms with Gasteiger partial charge in [0.25, 0.3) is 0 Å². The summed E-state index contributed by atoms with van der Waals surface area (Å²) >= 11 is 0. The van der Waals surface area contributed by atoms with E-state index in [9.17, 15) is 0 Å². The van der Waals surface area contributed by atoms with Crippen LogP contribution in [-0.4, -0.2) is 18.1 Å². The number of nitrogens with two attached hydrogens (primary N) is 1. The maximum absolute atomic E-state index is 6.27. The molecule has 1 fully saturated rings. The van der Waals surface area contributed by atoms with Gasteiger partial charge in [0.2, 0.25) is 0 Å². The van der Waals surface area contributed by atoms with Crippen LogP contribution in [0.4, 0.5) is 0 Å². The fourth-order valence-corrected chi connectivity index (χ4v) is 2.65. The van der Waals surface area contributed by atoms with Crippen LogP contribution in [0, 0.1) is 5.41 Å². The molecule has 0 saturated carbocycles. The van der Waals surface area contributed by atoms with E-state index in [0.29, 0.717) is 0 Å². The van der Waals surface area contributed by atoms with Crippen molar-refractivity contribution in [3.63, 3.8) is 0 Å². The summed E-state index contributed by atoms with van der Waals surface area (Å²) in [6, 6.07) is 4.03. The first-order valence-corrected chi connectivity index (χ1v) is 5.47. The Hall–Kier alpha value is -1.35. The predicted octanol–water partition coefficient (Wildman–Crippen LogP) is -0.688. The number of hydrogen-bond acceptors (Lipinski definition) is 3. The average Bonchev–Trinajstić information content (AvgIpc) is 2.54. The van der Waals surface area contributed by atoms with Gasteiger partial charge >= 0.3 is 0 Å². The fourth-order valence-electron chi connectivity index (χ4n) is 2.65. The highest BCUT2D eigenvalue weighted by atomic mass is 14.9. The largest absolute Gasteiger partial charge is 0.401 e. The highest BCUT2D eigenvalue weighted by Gasteiger charge is 2.35. The summed E-state index contributed by atoms with van der Waals surface area (Å²) in [6.07, 6.45) is 6.28. The van der Waals surface area contributed by atoms with Crippen LogP contribution in [0.5, 0.6) is 0 Å². The molecule has 1 aliphatic heterocycles. The van der Waals surface area contributed by atoms with Gasteiger partial charge in [-0.15, -0.1) is 0 Å². The Morgan fingerprint density at radius 2 is 2.13 bits per heavy atom. The minimum atomic E-state index is 0.0853. The smallest absolute Gasteiger partial charge is 0.0689 e. The number of fused-ring (bicyclic) bond motifs is 1. The van der Waals surface area contributed by atoms with Crippen molar-refractivity contribution in [3.8, 4) is 0 Å². The Balaban J connectivity index is 2.21. The lowest BCUT2D eigenvalue weighted by Crippen LogP contribution is -2.38. The Bertz CT molecular complexity index is 498. The zero-order valence-corrected chi connectivity index (χ0v) is 8.66. The SMILES string of the molecule is NC1=c2cccnc2=CC12CCNCC2. The molecule has 2 heterocycles. The standard InChI is InChI=1S/C12H15N3/c13-11-9-2-1-5-15-10(9)8-12(11)3-6-14-7-4-12/h1-2,5,8,14H,3-4,6-7,13H2. The summed E-state index contributed by atoms with van der Waals surface area (Å²) in [5.41, 5.74) is 7.38. The molecule has 1 aromatic rings. The molecule has 1 saturated heterocycles. The van der Waals surface area contributed by atoms with Crippen molar-refractivity contribution < 1.29 is 0 Å². The van der Waals surface area contributed by atoms with Crippen molar-refractivity contribution in [1.82, 2.24) is 10.3 Å². The molecule has 3 rings (SSSR count). The van der Waals surface area contributed by atoms with Crippen molar-refractivity contribution >= 4 is 11.8 Å². The molecule has 0 bridgehead atoms. The monoisotopic (exact) mass is 201 g/mol. The maximum atomic E-state index is 6.27. The molecule has 1 aromatic heterocycles. The van der Waals surface area contributed by atoms with Gasteiger partial charge in [-0.25, -0.2) is 0 Å². The molecule has 0 unspecified atom stereocenters. The van der Waals surface area contributed by atoms with Gasteiger partial charge in [0.15, 0.2) is 0 Å². The lowest BCUT2D eigenvalue weighted by atomic mass is 9.78. The van der Waals surface area contributed by atoms with Crippen LogP contribution < -0.4 is 21.6 Å². The van der Waals surface area contributed by atoms with Gasteiger partial charge in [0.05, 0.1) is 5.35 Å². The van der Waals surface area contributed by atoms with Crippen LogP contribution in [-0.2, 0) is 0 Å². The molecule has 3 heteroatoms. The van der Waals surface area contributed by atoms with Crippen LogP contribution in [0.15, 0.2) is 18.3 Å². The van der Waals surface area contributed by atoms with Gasteiger partial charge in [-0.05, 0) is 44.1 Å². The quantitative estimate of drug-likeness (QED) is 0.584. The fraction of sp³-hybridized carbons (Fsp3) is 0.417. The zero-order valence-electron chi connectivity index (χ0n) is 8.66. The van der Waals surface area contributed by atoms with Crippen molar-refractivity contribution in [2.75, 3.05) is 13.1 Å². The summed E-state index contributed by atoms with van der Waals surface area (Å²) in [7, 11) is 0. The molecule has 0 aromatic carbocycles. The van der Waals surface area contributed by atoms with Gasteiger partial charge < -0.3 is 11.1 Å². The lowest BCUT2D eigenvalue weighted by Gasteiger charge is -2.33. The molecular weight excluding hydrogens is 186 g/mol. The van der Waals surface area contributed by atoms with E-state index in [-0.39, 0.29) is 5.41 Å². The first-order chi connectivity index (χ1) is 7.32. The van der Waals surface area contributed by atoms with E-state index in [1.807, 2.05) is 12.3 Å². The third kappa shape index (κ3) is 1.20. The van der Waals surface area contributed by atoms with E-state index in [0.717, 1.165) is 42.2 Å². The molecule has 0 amide bonds. The molecule has 78 valence electrons. The Morgan fingerprint density at radius 3 is 2.87 bits per heavy atom. The summed E-state index contributed by atoms with van der Waals surface area (Å²) in [5.74, 6) is 0. The predicted molar refractivity (Wildman–Crippen MR) is 60.1 cm³/mol. The number of aromatic nitrogens is 1. The molecule has 3 N–H and O–H groups in total. The zero-order chi connectivity index (χ0) is 10.3. The summed E-state index contributed by atoms with van der Waals surface area (Å²) in [6.45, 7) is 2.09. The Kier molecular flexibility index (Phi) is 1.83.